The summed E-state index contributed by atoms with van der Waals surface area (Å²) in [6, 6.07) is 15.1. The highest BCUT2D eigenvalue weighted by Gasteiger charge is 2.20. The van der Waals surface area contributed by atoms with Crippen molar-refractivity contribution in [2.75, 3.05) is 11.9 Å². The van der Waals surface area contributed by atoms with Crippen molar-refractivity contribution in [3.8, 4) is 11.5 Å². The van der Waals surface area contributed by atoms with Gasteiger partial charge in [-0.15, -0.1) is 0 Å². The fourth-order valence-electron chi connectivity index (χ4n) is 2.87. The standard InChI is InChI=1S/C22H22N2O4/c1-4-16-12-8-9-14(2)19(16)23-18(25)13-27-22(26)20-15(3)28-21(24-20)17-10-6-5-7-11-17/h5-12H,4,13H2,1-3H3,(H,23,25). The molecule has 0 bridgehead atoms. The van der Waals surface area contributed by atoms with Crippen molar-refractivity contribution in [1.82, 2.24) is 4.98 Å². The second-order valence-corrected chi connectivity index (χ2v) is 6.38. The third-order valence-corrected chi connectivity index (χ3v) is 4.35. The molecule has 1 N–H and O–H groups in total. The quantitative estimate of drug-likeness (QED) is 0.646. The number of hydrogen-bond donors (Lipinski definition) is 1. The summed E-state index contributed by atoms with van der Waals surface area (Å²) in [6.45, 7) is 5.17. The van der Waals surface area contributed by atoms with Crippen LogP contribution in [0.5, 0.6) is 0 Å². The minimum absolute atomic E-state index is 0.0665. The number of anilines is 1. The van der Waals surface area contributed by atoms with Gasteiger partial charge in [-0.05, 0) is 43.5 Å². The van der Waals surface area contributed by atoms with Gasteiger partial charge in [-0.2, -0.15) is 0 Å². The molecule has 2 aromatic carbocycles. The summed E-state index contributed by atoms with van der Waals surface area (Å²) < 4.78 is 10.7. The van der Waals surface area contributed by atoms with Crippen molar-refractivity contribution in [1.29, 1.82) is 0 Å². The van der Waals surface area contributed by atoms with Gasteiger partial charge in [0.25, 0.3) is 5.91 Å². The molecule has 0 aliphatic carbocycles. The Morgan fingerprint density at radius 1 is 1.07 bits per heavy atom. The molecule has 3 rings (SSSR count). The number of benzene rings is 2. The lowest BCUT2D eigenvalue weighted by Gasteiger charge is -2.12. The van der Waals surface area contributed by atoms with E-state index in [-0.39, 0.29) is 5.69 Å². The maximum atomic E-state index is 12.3. The predicted octanol–water partition coefficient (Wildman–Crippen LogP) is 4.32. The van der Waals surface area contributed by atoms with Crippen molar-refractivity contribution in [3.63, 3.8) is 0 Å². The van der Waals surface area contributed by atoms with E-state index in [2.05, 4.69) is 10.3 Å². The second kappa shape index (κ2) is 8.52. The number of aryl methyl sites for hydroxylation is 3. The Morgan fingerprint density at radius 2 is 1.82 bits per heavy atom. The molecule has 0 radical (unpaired) electrons. The van der Waals surface area contributed by atoms with Crippen molar-refractivity contribution < 1.29 is 18.7 Å². The van der Waals surface area contributed by atoms with Gasteiger partial charge in [0.05, 0.1) is 0 Å². The summed E-state index contributed by atoms with van der Waals surface area (Å²) in [5.41, 5.74) is 3.57. The lowest BCUT2D eigenvalue weighted by atomic mass is 10.1. The summed E-state index contributed by atoms with van der Waals surface area (Å²) in [4.78, 5) is 28.8. The van der Waals surface area contributed by atoms with Gasteiger partial charge in [-0.1, -0.05) is 43.3 Å². The molecule has 6 nitrogen and oxygen atoms in total. The number of rotatable bonds is 6. The van der Waals surface area contributed by atoms with Gasteiger partial charge in [-0.25, -0.2) is 9.78 Å². The van der Waals surface area contributed by atoms with Crippen LogP contribution in [-0.4, -0.2) is 23.5 Å². The number of hydrogen-bond acceptors (Lipinski definition) is 5. The molecule has 0 aliphatic rings. The smallest absolute Gasteiger partial charge is 0.361 e. The summed E-state index contributed by atoms with van der Waals surface area (Å²) in [7, 11) is 0. The first-order chi connectivity index (χ1) is 13.5. The SMILES string of the molecule is CCc1cccc(C)c1NC(=O)COC(=O)c1nc(-c2ccccc2)oc1C. The molecule has 1 aromatic heterocycles. The van der Waals surface area contributed by atoms with E-state index in [9.17, 15) is 9.59 Å². The monoisotopic (exact) mass is 378 g/mol. The summed E-state index contributed by atoms with van der Waals surface area (Å²) in [6.07, 6.45) is 0.789. The molecule has 0 aliphatic heterocycles. The molecule has 0 spiro atoms. The van der Waals surface area contributed by atoms with E-state index >= 15 is 0 Å². The van der Waals surface area contributed by atoms with E-state index in [1.165, 1.54) is 0 Å². The molecule has 6 heteroatoms. The van der Waals surface area contributed by atoms with E-state index in [0.29, 0.717) is 11.7 Å². The normalized spacial score (nSPS) is 10.5. The number of carbonyl (C=O) groups is 2. The lowest BCUT2D eigenvalue weighted by molar-refractivity contribution is -0.119. The Hall–Kier alpha value is -3.41. The molecule has 1 heterocycles. The fraction of sp³-hybridized carbons (Fsp3) is 0.227. The van der Waals surface area contributed by atoms with E-state index in [0.717, 1.165) is 28.8 Å². The third kappa shape index (κ3) is 4.28. The van der Waals surface area contributed by atoms with Crippen molar-refractivity contribution in [2.45, 2.75) is 27.2 Å². The molecule has 0 saturated carbocycles. The number of oxazole rings is 1. The number of amides is 1. The molecular weight excluding hydrogens is 356 g/mol. The van der Waals surface area contributed by atoms with E-state index in [4.69, 9.17) is 9.15 Å². The number of nitrogens with zero attached hydrogens (tertiary/aromatic N) is 1. The topological polar surface area (TPSA) is 81.4 Å². The number of aromatic nitrogens is 1. The van der Waals surface area contributed by atoms with Crippen LogP contribution < -0.4 is 5.32 Å². The molecule has 0 saturated heterocycles. The van der Waals surface area contributed by atoms with E-state index in [1.54, 1.807) is 6.92 Å². The van der Waals surface area contributed by atoms with Crippen LogP contribution in [0, 0.1) is 13.8 Å². The molecule has 0 fully saturated rings. The molecule has 0 atom stereocenters. The Labute approximate surface area is 163 Å². The van der Waals surface area contributed by atoms with Crippen LogP contribution in [0.15, 0.2) is 52.9 Å². The first-order valence-corrected chi connectivity index (χ1v) is 9.08. The zero-order chi connectivity index (χ0) is 20.1. The van der Waals surface area contributed by atoms with Crippen LogP contribution >= 0.6 is 0 Å². The van der Waals surface area contributed by atoms with Gasteiger partial charge < -0.3 is 14.5 Å². The lowest BCUT2D eigenvalue weighted by Crippen LogP contribution is -2.22. The number of carbonyl (C=O) groups excluding carboxylic acids is 2. The molecule has 3 aromatic rings. The summed E-state index contributed by atoms with van der Waals surface area (Å²) in [5.74, 6) is -0.417. The minimum Gasteiger partial charge on any atom is -0.451 e. The van der Waals surface area contributed by atoms with Crippen LogP contribution in [0.4, 0.5) is 5.69 Å². The molecular formula is C22H22N2O4. The fourth-order valence-corrected chi connectivity index (χ4v) is 2.87. The summed E-state index contributed by atoms with van der Waals surface area (Å²) in [5, 5.41) is 2.82. The van der Waals surface area contributed by atoms with E-state index < -0.39 is 18.5 Å². The molecule has 1 amide bonds. The number of nitrogens with one attached hydrogen (secondary N) is 1. The van der Waals surface area contributed by atoms with Gasteiger partial charge >= 0.3 is 5.97 Å². The number of ether oxygens (including phenoxy) is 1. The third-order valence-electron chi connectivity index (χ3n) is 4.35. The Kier molecular flexibility index (Phi) is 5.89. The average Bonchev–Trinajstić information content (AvgIpc) is 3.10. The number of para-hydroxylation sites is 1. The van der Waals surface area contributed by atoms with Gasteiger partial charge in [0.1, 0.15) is 5.76 Å². The van der Waals surface area contributed by atoms with Crippen LogP contribution in [-0.2, 0) is 16.0 Å². The van der Waals surface area contributed by atoms with E-state index in [1.807, 2.05) is 62.4 Å². The zero-order valence-electron chi connectivity index (χ0n) is 16.1. The van der Waals surface area contributed by atoms with Crippen molar-refractivity contribution >= 4 is 17.6 Å². The average molecular weight is 378 g/mol. The predicted molar refractivity (Wildman–Crippen MR) is 106 cm³/mol. The van der Waals surface area contributed by atoms with Gasteiger partial charge in [0, 0.05) is 11.3 Å². The highest BCUT2D eigenvalue weighted by atomic mass is 16.5. The van der Waals surface area contributed by atoms with Gasteiger partial charge in [-0.3, -0.25) is 4.79 Å². The molecule has 28 heavy (non-hydrogen) atoms. The summed E-state index contributed by atoms with van der Waals surface area (Å²) >= 11 is 0. The van der Waals surface area contributed by atoms with Gasteiger partial charge in [0.2, 0.25) is 5.89 Å². The highest BCUT2D eigenvalue weighted by Crippen LogP contribution is 2.22. The molecule has 144 valence electrons. The van der Waals surface area contributed by atoms with Crippen LogP contribution in [0.2, 0.25) is 0 Å². The number of esters is 1. The Bertz CT molecular complexity index is 993. The van der Waals surface area contributed by atoms with Crippen LogP contribution in [0.3, 0.4) is 0 Å². The maximum absolute atomic E-state index is 12.3. The largest absolute Gasteiger partial charge is 0.451 e. The van der Waals surface area contributed by atoms with Crippen molar-refractivity contribution in [2.24, 2.45) is 0 Å². The first-order valence-electron chi connectivity index (χ1n) is 9.08. The zero-order valence-corrected chi connectivity index (χ0v) is 16.1. The van der Waals surface area contributed by atoms with Crippen molar-refractivity contribution in [3.05, 3.63) is 71.1 Å². The van der Waals surface area contributed by atoms with Crippen LogP contribution in [0.1, 0.15) is 34.3 Å². The maximum Gasteiger partial charge on any atom is 0.361 e. The highest BCUT2D eigenvalue weighted by molar-refractivity contribution is 5.96. The Balaban J connectivity index is 1.65. The molecule has 0 unspecified atom stereocenters. The Morgan fingerprint density at radius 3 is 2.54 bits per heavy atom. The first kappa shape index (κ1) is 19.4. The van der Waals surface area contributed by atoms with Crippen LogP contribution in [0.25, 0.3) is 11.5 Å². The van der Waals surface area contributed by atoms with Gasteiger partial charge in [0.15, 0.2) is 12.3 Å². The second-order valence-electron chi connectivity index (χ2n) is 6.38. The minimum atomic E-state index is -0.695.